The van der Waals surface area contributed by atoms with E-state index in [4.69, 9.17) is 11.6 Å². The zero-order valence-corrected chi connectivity index (χ0v) is 24.0. The summed E-state index contributed by atoms with van der Waals surface area (Å²) in [5, 5.41) is 11.0. The molecule has 11 heteroatoms. The van der Waals surface area contributed by atoms with Gasteiger partial charge in [-0.05, 0) is 55.7 Å². The number of aryl methyl sites for hydroxylation is 1. The Hall–Kier alpha value is -4.31. The Bertz CT molecular complexity index is 1730. The van der Waals surface area contributed by atoms with Gasteiger partial charge in [0.25, 0.3) is 0 Å². The topological polar surface area (TPSA) is 104 Å². The minimum Gasteiger partial charge on any atom is -0.507 e. The molecule has 212 valence electrons. The number of pyridine rings is 2. The van der Waals surface area contributed by atoms with Gasteiger partial charge in [0.2, 0.25) is 5.91 Å². The van der Waals surface area contributed by atoms with Crippen LogP contribution in [-0.2, 0) is 4.79 Å². The number of rotatable bonds is 5. The number of aromatic nitrogens is 4. The third kappa shape index (κ3) is 4.93. The number of carbonyl (C=O) groups is 1. The summed E-state index contributed by atoms with van der Waals surface area (Å²) in [5.74, 6) is -0.962. The molecule has 1 aliphatic heterocycles. The molecule has 1 amide bonds. The molecule has 4 aromatic rings. The lowest BCUT2D eigenvalue weighted by Gasteiger charge is -2.40. The molecule has 0 unspecified atom stereocenters. The number of benzene rings is 1. The van der Waals surface area contributed by atoms with Crippen molar-refractivity contribution in [2.75, 3.05) is 24.5 Å². The van der Waals surface area contributed by atoms with E-state index in [2.05, 4.69) is 21.5 Å². The summed E-state index contributed by atoms with van der Waals surface area (Å²) in [7, 11) is 0. The summed E-state index contributed by atoms with van der Waals surface area (Å²) >= 11 is 6.39. The number of hydrogen-bond donors (Lipinski definition) is 1. The molecule has 41 heavy (non-hydrogen) atoms. The monoisotopic (exact) mass is 576 g/mol. The van der Waals surface area contributed by atoms with Crippen molar-refractivity contribution in [2.24, 2.45) is 0 Å². The normalized spacial score (nSPS) is 15.5. The first kappa shape index (κ1) is 28.2. The van der Waals surface area contributed by atoms with Crippen molar-refractivity contribution in [1.82, 2.24) is 24.4 Å². The van der Waals surface area contributed by atoms with Crippen LogP contribution >= 0.6 is 11.6 Å². The van der Waals surface area contributed by atoms with Crippen molar-refractivity contribution in [1.29, 1.82) is 0 Å². The number of nitrogens with zero attached hydrogens (tertiary/aromatic N) is 6. The Balaban J connectivity index is 1.83. The van der Waals surface area contributed by atoms with Crippen LogP contribution in [0.4, 0.5) is 10.2 Å². The number of carbonyl (C=O) groups excluding carboxylic acids is 1. The Morgan fingerprint density at radius 3 is 2.66 bits per heavy atom. The highest BCUT2D eigenvalue weighted by Gasteiger charge is 2.31. The van der Waals surface area contributed by atoms with Gasteiger partial charge in [0.1, 0.15) is 17.3 Å². The summed E-state index contributed by atoms with van der Waals surface area (Å²) in [6, 6.07) is 7.29. The number of phenols is 1. The largest absolute Gasteiger partial charge is 0.507 e. The first-order valence-electron chi connectivity index (χ1n) is 13.3. The molecule has 1 saturated heterocycles. The molecule has 1 atom stereocenters. The third-order valence-electron chi connectivity index (χ3n) is 7.34. The Labute approximate surface area is 241 Å². The van der Waals surface area contributed by atoms with E-state index in [9.17, 15) is 14.7 Å². The molecule has 5 rings (SSSR count). The molecule has 1 aromatic carbocycles. The smallest absolute Gasteiger partial charge is 0.355 e. The van der Waals surface area contributed by atoms with Crippen LogP contribution in [0.1, 0.15) is 37.9 Å². The van der Waals surface area contributed by atoms with Gasteiger partial charge < -0.3 is 14.9 Å². The molecule has 0 bridgehead atoms. The summed E-state index contributed by atoms with van der Waals surface area (Å²) < 4.78 is 17.3. The number of phenolic OH excluding ortho intramolecular Hbond substituents is 1. The van der Waals surface area contributed by atoms with Crippen LogP contribution in [-0.4, -0.2) is 61.1 Å². The van der Waals surface area contributed by atoms with Crippen LogP contribution in [0.15, 0.2) is 54.0 Å². The number of halogens is 2. The molecule has 4 heterocycles. The van der Waals surface area contributed by atoms with Gasteiger partial charge in [0.15, 0.2) is 11.5 Å². The number of hydrogen-bond acceptors (Lipinski definition) is 7. The number of fused-ring (bicyclic) bond motifs is 1. The SMILES string of the molecule is C=CC(=O)N1CCN(c2nc(=O)n(-c3c(C)ccnc3C(C)C)c3nc(-c4c(O)cccc4Cl)c(F)cc23)[C@@H](C)C1. The lowest BCUT2D eigenvalue weighted by atomic mass is 10.0. The number of amides is 1. The van der Waals surface area contributed by atoms with E-state index in [1.807, 2.05) is 32.6 Å². The molecule has 0 aliphatic carbocycles. The van der Waals surface area contributed by atoms with E-state index < -0.39 is 11.5 Å². The fraction of sp³-hybridized carbons (Fsp3) is 0.300. The lowest BCUT2D eigenvalue weighted by Crippen LogP contribution is -2.54. The van der Waals surface area contributed by atoms with Gasteiger partial charge in [-0.1, -0.05) is 38.1 Å². The molecule has 0 spiro atoms. The maximum absolute atomic E-state index is 15.9. The van der Waals surface area contributed by atoms with E-state index in [1.165, 1.54) is 28.8 Å². The Kier molecular flexibility index (Phi) is 7.52. The van der Waals surface area contributed by atoms with E-state index >= 15 is 4.39 Å². The zero-order chi connectivity index (χ0) is 29.6. The second-order valence-corrected chi connectivity index (χ2v) is 10.8. The van der Waals surface area contributed by atoms with Gasteiger partial charge in [0, 0.05) is 31.9 Å². The molecular weight excluding hydrogens is 547 g/mol. The predicted molar refractivity (Wildman–Crippen MR) is 157 cm³/mol. The Morgan fingerprint density at radius 1 is 1.24 bits per heavy atom. The highest BCUT2D eigenvalue weighted by atomic mass is 35.5. The average Bonchev–Trinajstić information content (AvgIpc) is 2.93. The molecule has 1 aliphatic rings. The Morgan fingerprint density at radius 2 is 2.00 bits per heavy atom. The van der Waals surface area contributed by atoms with Crippen LogP contribution < -0.4 is 10.6 Å². The van der Waals surface area contributed by atoms with Crippen molar-refractivity contribution in [3.63, 3.8) is 0 Å². The second kappa shape index (κ2) is 10.9. The van der Waals surface area contributed by atoms with E-state index in [1.54, 1.807) is 23.2 Å². The summed E-state index contributed by atoms with van der Waals surface area (Å²) in [6.07, 6.45) is 2.94. The van der Waals surface area contributed by atoms with Crippen LogP contribution in [0.25, 0.3) is 28.0 Å². The highest BCUT2D eigenvalue weighted by Crippen LogP contribution is 2.39. The van der Waals surface area contributed by atoms with Crippen LogP contribution in [0.2, 0.25) is 5.02 Å². The maximum atomic E-state index is 15.9. The predicted octanol–water partition coefficient (Wildman–Crippen LogP) is 5.00. The van der Waals surface area contributed by atoms with Crippen LogP contribution in [0, 0.1) is 12.7 Å². The molecule has 1 fully saturated rings. The van der Waals surface area contributed by atoms with Gasteiger partial charge in [-0.3, -0.25) is 9.78 Å². The first-order chi connectivity index (χ1) is 19.5. The fourth-order valence-electron chi connectivity index (χ4n) is 5.33. The van der Waals surface area contributed by atoms with Crippen molar-refractivity contribution in [2.45, 2.75) is 39.7 Å². The van der Waals surface area contributed by atoms with Crippen molar-refractivity contribution < 1.29 is 14.3 Å². The van der Waals surface area contributed by atoms with Gasteiger partial charge >= 0.3 is 5.69 Å². The molecule has 1 N–H and O–H groups in total. The van der Waals surface area contributed by atoms with E-state index in [-0.39, 0.29) is 51.4 Å². The van der Waals surface area contributed by atoms with Crippen LogP contribution in [0.3, 0.4) is 0 Å². The number of piperazine rings is 1. The minimum atomic E-state index is -0.741. The van der Waals surface area contributed by atoms with Crippen molar-refractivity contribution >= 4 is 34.4 Å². The molecule has 0 saturated carbocycles. The van der Waals surface area contributed by atoms with Crippen molar-refractivity contribution in [3.05, 3.63) is 81.8 Å². The third-order valence-corrected chi connectivity index (χ3v) is 7.66. The van der Waals surface area contributed by atoms with E-state index in [0.29, 0.717) is 36.4 Å². The van der Waals surface area contributed by atoms with Crippen LogP contribution in [0.5, 0.6) is 5.75 Å². The molecular formula is C30H30ClFN6O3. The van der Waals surface area contributed by atoms with Gasteiger partial charge in [0.05, 0.1) is 27.4 Å². The van der Waals surface area contributed by atoms with Gasteiger partial charge in [-0.15, -0.1) is 0 Å². The summed E-state index contributed by atoms with van der Waals surface area (Å²) in [6.45, 7) is 12.4. The van der Waals surface area contributed by atoms with Gasteiger partial charge in [-0.2, -0.15) is 4.98 Å². The summed E-state index contributed by atoms with van der Waals surface area (Å²) in [5.41, 5.74) is 1.28. The van der Waals surface area contributed by atoms with Gasteiger partial charge in [-0.25, -0.2) is 18.7 Å². The quantitative estimate of drug-likeness (QED) is 0.334. The number of aromatic hydroxyl groups is 1. The second-order valence-electron chi connectivity index (χ2n) is 10.4. The average molecular weight is 577 g/mol. The number of anilines is 1. The highest BCUT2D eigenvalue weighted by molar-refractivity contribution is 6.33. The van der Waals surface area contributed by atoms with Crippen molar-refractivity contribution in [3.8, 4) is 22.7 Å². The zero-order valence-electron chi connectivity index (χ0n) is 23.2. The molecule has 0 radical (unpaired) electrons. The summed E-state index contributed by atoms with van der Waals surface area (Å²) in [4.78, 5) is 43.4. The lowest BCUT2D eigenvalue weighted by molar-refractivity contribution is -0.126. The first-order valence-corrected chi connectivity index (χ1v) is 13.7. The molecule has 9 nitrogen and oxygen atoms in total. The maximum Gasteiger partial charge on any atom is 0.355 e. The minimum absolute atomic E-state index is 0.0165. The molecule has 3 aromatic heterocycles. The van der Waals surface area contributed by atoms with E-state index in [0.717, 1.165) is 5.56 Å². The fourth-order valence-corrected chi connectivity index (χ4v) is 5.59. The standard InChI is InChI=1S/C30H30ClFN6O3/c1-6-23(40)36-12-13-37(18(5)15-36)28-19-14-21(32)26(24-20(31)8-7-9-22(24)39)34-29(19)38(30(41)35-28)27-17(4)10-11-33-25(27)16(2)3/h6-11,14,16,18,39H,1,12-13,15H2,2-5H3/t18-/m0/s1.